The van der Waals surface area contributed by atoms with Crippen LogP contribution < -0.4 is 10.6 Å². The summed E-state index contributed by atoms with van der Waals surface area (Å²) in [6.07, 6.45) is -0.529. The molecule has 3 N–H and O–H groups in total. The van der Waals surface area contributed by atoms with Crippen LogP contribution in [0.4, 0.5) is 4.79 Å². The predicted octanol–water partition coefficient (Wildman–Crippen LogP) is 3.44. The minimum absolute atomic E-state index is 0.0212. The molecule has 0 bridgehead atoms. The van der Waals surface area contributed by atoms with Crippen LogP contribution in [0.15, 0.2) is 48.5 Å². The summed E-state index contributed by atoms with van der Waals surface area (Å²) < 4.78 is 11.2. The van der Waals surface area contributed by atoms with E-state index in [4.69, 9.17) is 14.6 Å². The smallest absolute Gasteiger partial charge is 0.407 e. The zero-order chi connectivity index (χ0) is 24.2. The topological polar surface area (TPSA) is 114 Å². The van der Waals surface area contributed by atoms with Gasteiger partial charge in [-0.1, -0.05) is 48.5 Å². The van der Waals surface area contributed by atoms with Crippen LogP contribution in [0.1, 0.15) is 50.2 Å². The number of nitrogens with one attached hydrogen (secondary N) is 2. The molecular formula is C26H30N2O6. The minimum Gasteiger partial charge on any atom is -0.481 e. The molecule has 0 aromatic heterocycles. The molecule has 1 aliphatic heterocycles. The van der Waals surface area contributed by atoms with Crippen molar-refractivity contribution in [3.8, 4) is 11.1 Å². The maximum absolute atomic E-state index is 12.9. The summed E-state index contributed by atoms with van der Waals surface area (Å²) in [6, 6.07) is 14.8. The number of amides is 2. The molecule has 34 heavy (non-hydrogen) atoms. The van der Waals surface area contributed by atoms with Gasteiger partial charge in [0.25, 0.3) is 0 Å². The first-order valence-electron chi connectivity index (χ1n) is 11.6. The number of fused-ring (bicyclic) bond motifs is 3. The van der Waals surface area contributed by atoms with Gasteiger partial charge in [-0.05, 0) is 48.9 Å². The van der Waals surface area contributed by atoms with Crippen LogP contribution in [0.2, 0.25) is 0 Å². The van der Waals surface area contributed by atoms with E-state index in [1.807, 2.05) is 50.2 Å². The molecule has 1 saturated heterocycles. The fourth-order valence-electron chi connectivity index (χ4n) is 4.84. The van der Waals surface area contributed by atoms with Gasteiger partial charge >= 0.3 is 12.1 Å². The third kappa shape index (κ3) is 5.22. The Morgan fingerprint density at radius 1 is 1.06 bits per heavy atom. The molecule has 2 amide bonds. The number of carboxylic acid groups (broad SMARTS) is 1. The Labute approximate surface area is 198 Å². The number of aliphatic carboxylic acids is 1. The molecule has 2 aromatic rings. The lowest BCUT2D eigenvalue weighted by Crippen LogP contribution is -2.51. The Hall–Kier alpha value is -3.39. The summed E-state index contributed by atoms with van der Waals surface area (Å²) >= 11 is 0. The number of alkyl carbamates (subject to hydrolysis) is 1. The van der Waals surface area contributed by atoms with E-state index in [9.17, 15) is 14.4 Å². The van der Waals surface area contributed by atoms with Crippen LogP contribution in [0.25, 0.3) is 11.1 Å². The van der Waals surface area contributed by atoms with Gasteiger partial charge in [0, 0.05) is 12.3 Å². The van der Waals surface area contributed by atoms with Gasteiger partial charge in [0.05, 0.1) is 18.2 Å². The number of benzene rings is 2. The maximum Gasteiger partial charge on any atom is 0.407 e. The van der Waals surface area contributed by atoms with Gasteiger partial charge < -0.3 is 25.2 Å². The average molecular weight is 467 g/mol. The van der Waals surface area contributed by atoms with E-state index in [1.165, 1.54) is 0 Å². The van der Waals surface area contributed by atoms with Crippen LogP contribution in [0.5, 0.6) is 0 Å². The molecule has 4 atom stereocenters. The van der Waals surface area contributed by atoms with E-state index >= 15 is 0 Å². The number of hydrogen-bond donors (Lipinski definition) is 3. The number of carboxylic acids is 1. The summed E-state index contributed by atoms with van der Waals surface area (Å²) in [5, 5.41) is 14.5. The van der Waals surface area contributed by atoms with Crippen molar-refractivity contribution in [1.82, 2.24) is 10.6 Å². The molecule has 1 heterocycles. The van der Waals surface area contributed by atoms with E-state index in [1.54, 1.807) is 0 Å². The van der Waals surface area contributed by atoms with Crippen molar-refractivity contribution in [1.29, 1.82) is 0 Å². The molecule has 8 heteroatoms. The monoisotopic (exact) mass is 466 g/mol. The zero-order valence-corrected chi connectivity index (χ0v) is 19.3. The average Bonchev–Trinajstić information content (AvgIpc) is 3.30. The molecule has 0 saturated carbocycles. The third-order valence-corrected chi connectivity index (χ3v) is 6.53. The van der Waals surface area contributed by atoms with E-state index < -0.39 is 24.0 Å². The Morgan fingerprint density at radius 2 is 1.68 bits per heavy atom. The first kappa shape index (κ1) is 23.8. The molecule has 4 unspecified atom stereocenters. The Morgan fingerprint density at radius 3 is 2.24 bits per heavy atom. The minimum atomic E-state index is -1.04. The van der Waals surface area contributed by atoms with Crippen LogP contribution in [-0.4, -0.2) is 54.0 Å². The van der Waals surface area contributed by atoms with Crippen LogP contribution in [0.3, 0.4) is 0 Å². The highest BCUT2D eigenvalue weighted by atomic mass is 16.5. The molecule has 4 rings (SSSR count). The van der Waals surface area contributed by atoms with Crippen molar-refractivity contribution >= 4 is 18.0 Å². The van der Waals surface area contributed by atoms with Crippen LogP contribution >= 0.6 is 0 Å². The lowest BCUT2D eigenvalue weighted by atomic mass is 9.98. The zero-order valence-electron chi connectivity index (χ0n) is 19.3. The van der Waals surface area contributed by atoms with E-state index in [0.29, 0.717) is 6.42 Å². The molecule has 2 aliphatic rings. The van der Waals surface area contributed by atoms with E-state index in [0.717, 1.165) is 22.3 Å². The van der Waals surface area contributed by atoms with Gasteiger partial charge in [0.2, 0.25) is 5.91 Å². The molecule has 180 valence electrons. The van der Waals surface area contributed by atoms with Gasteiger partial charge in [-0.2, -0.15) is 0 Å². The van der Waals surface area contributed by atoms with Crippen LogP contribution in [-0.2, 0) is 19.1 Å². The van der Waals surface area contributed by atoms with Crippen molar-refractivity contribution in [2.45, 2.75) is 63.3 Å². The van der Waals surface area contributed by atoms with Gasteiger partial charge in [-0.3, -0.25) is 9.59 Å². The standard InChI is InChI=1S/C26H30N2O6/c1-15-13-23(16(2)34-15)27-25(31)22(11-12-24(29)30)28-26(32)33-14-21-19-9-5-3-7-17(19)18-8-4-6-10-20(18)21/h3-10,15-16,21-23H,11-14H2,1-2H3,(H,27,31)(H,28,32)(H,29,30). The summed E-state index contributed by atoms with van der Waals surface area (Å²) in [5.41, 5.74) is 4.41. The number of carbonyl (C=O) groups is 3. The molecule has 0 radical (unpaired) electrons. The maximum atomic E-state index is 12.9. The number of carbonyl (C=O) groups excluding carboxylic acids is 2. The van der Waals surface area contributed by atoms with E-state index in [-0.39, 0.29) is 43.6 Å². The second kappa shape index (κ2) is 10.3. The Balaban J connectivity index is 1.40. The molecule has 1 fully saturated rings. The molecule has 8 nitrogen and oxygen atoms in total. The summed E-state index contributed by atoms with van der Waals surface area (Å²) in [7, 11) is 0. The number of rotatable bonds is 8. The first-order valence-corrected chi connectivity index (χ1v) is 11.6. The highest BCUT2D eigenvalue weighted by molar-refractivity contribution is 5.86. The fraction of sp³-hybridized carbons (Fsp3) is 0.423. The largest absolute Gasteiger partial charge is 0.481 e. The third-order valence-electron chi connectivity index (χ3n) is 6.53. The van der Waals surface area contributed by atoms with Crippen molar-refractivity contribution < 1.29 is 29.0 Å². The summed E-state index contributed by atoms with van der Waals surface area (Å²) in [5.74, 6) is -1.59. The Bertz CT molecular complexity index is 1030. The normalized spacial score (nSPS) is 21.9. The SMILES string of the molecule is CC1CC(NC(=O)C(CCC(=O)O)NC(=O)OCC2c3ccccc3-c3ccccc32)C(C)O1. The highest BCUT2D eigenvalue weighted by Gasteiger charge is 2.34. The molecule has 0 spiro atoms. The van der Waals surface area contributed by atoms with Gasteiger partial charge in [-0.25, -0.2) is 4.79 Å². The number of hydrogen-bond acceptors (Lipinski definition) is 5. The Kier molecular flexibility index (Phi) is 7.17. The van der Waals surface area contributed by atoms with Gasteiger partial charge in [-0.15, -0.1) is 0 Å². The lowest BCUT2D eigenvalue weighted by Gasteiger charge is -2.22. The van der Waals surface area contributed by atoms with Crippen molar-refractivity contribution in [3.63, 3.8) is 0 Å². The molecule has 2 aromatic carbocycles. The van der Waals surface area contributed by atoms with Crippen molar-refractivity contribution in [2.24, 2.45) is 0 Å². The van der Waals surface area contributed by atoms with E-state index in [2.05, 4.69) is 22.8 Å². The molecule has 1 aliphatic carbocycles. The fourth-order valence-corrected chi connectivity index (χ4v) is 4.84. The molecular weight excluding hydrogens is 436 g/mol. The quantitative estimate of drug-likeness (QED) is 0.549. The van der Waals surface area contributed by atoms with Crippen molar-refractivity contribution in [3.05, 3.63) is 59.7 Å². The number of ether oxygens (including phenoxy) is 2. The van der Waals surface area contributed by atoms with Crippen LogP contribution in [0, 0.1) is 0 Å². The second-order valence-electron chi connectivity index (χ2n) is 8.96. The van der Waals surface area contributed by atoms with Crippen molar-refractivity contribution in [2.75, 3.05) is 6.61 Å². The summed E-state index contributed by atoms with van der Waals surface area (Å²) in [6.45, 7) is 3.91. The van der Waals surface area contributed by atoms with Gasteiger partial charge in [0.1, 0.15) is 12.6 Å². The lowest BCUT2D eigenvalue weighted by molar-refractivity contribution is -0.137. The first-order chi connectivity index (χ1) is 16.3. The highest BCUT2D eigenvalue weighted by Crippen LogP contribution is 2.44. The predicted molar refractivity (Wildman–Crippen MR) is 125 cm³/mol. The second-order valence-corrected chi connectivity index (χ2v) is 8.96. The van der Waals surface area contributed by atoms with Gasteiger partial charge in [0.15, 0.2) is 0 Å². The summed E-state index contributed by atoms with van der Waals surface area (Å²) in [4.78, 5) is 36.6.